The van der Waals surface area contributed by atoms with Crippen molar-refractivity contribution in [3.05, 3.63) is 0 Å². The van der Waals surface area contributed by atoms with Gasteiger partial charge >= 0.3 is 0 Å². The van der Waals surface area contributed by atoms with Gasteiger partial charge in [-0.15, -0.1) is 0 Å². The first-order chi connectivity index (χ1) is 11.3. The van der Waals surface area contributed by atoms with Crippen LogP contribution in [-0.2, 0) is 4.74 Å². The molecule has 2 aliphatic carbocycles. The van der Waals surface area contributed by atoms with E-state index in [4.69, 9.17) is 4.74 Å². The Labute approximate surface area is 146 Å². The molecular formula is C22H42O. The lowest BCUT2D eigenvalue weighted by Gasteiger charge is -2.37. The molecule has 2 aliphatic rings. The minimum absolute atomic E-state index is 0.591. The smallest absolute Gasteiger partial charge is 0.0575 e. The number of hydrogen-bond acceptors (Lipinski definition) is 1. The third-order valence-electron chi connectivity index (χ3n) is 6.59. The molecule has 0 radical (unpaired) electrons. The van der Waals surface area contributed by atoms with Gasteiger partial charge in [0.05, 0.1) is 6.10 Å². The molecule has 2 saturated carbocycles. The first-order valence-corrected chi connectivity index (χ1v) is 10.9. The zero-order valence-corrected chi connectivity index (χ0v) is 16.0. The summed E-state index contributed by atoms with van der Waals surface area (Å²) in [6.45, 7) is 5.62. The van der Waals surface area contributed by atoms with Crippen LogP contribution in [0.2, 0.25) is 0 Å². The minimum atomic E-state index is 0.591. The molecule has 1 heteroatoms. The van der Waals surface area contributed by atoms with Crippen molar-refractivity contribution in [2.75, 3.05) is 6.61 Å². The number of hydrogen-bond donors (Lipinski definition) is 0. The van der Waals surface area contributed by atoms with E-state index in [1.807, 2.05) is 0 Å². The highest BCUT2D eigenvalue weighted by molar-refractivity contribution is 4.82. The predicted octanol–water partition coefficient (Wildman–Crippen LogP) is 7.14. The Morgan fingerprint density at radius 1 is 0.652 bits per heavy atom. The Kier molecular flexibility index (Phi) is 9.65. The van der Waals surface area contributed by atoms with Crippen LogP contribution < -0.4 is 0 Å². The normalized spacial score (nSPS) is 32.1. The lowest BCUT2D eigenvalue weighted by Crippen LogP contribution is -2.28. The van der Waals surface area contributed by atoms with Crippen molar-refractivity contribution in [2.45, 2.75) is 116 Å². The zero-order chi connectivity index (χ0) is 16.3. The molecule has 0 heterocycles. The summed E-state index contributed by atoms with van der Waals surface area (Å²) in [7, 11) is 0. The van der Waals surface area contributed by atoms with Crippen LogP contribution in [0.4, 0.5) is 0 Å². The zero-order valence-electron chi connectivity index (χ0n) is 16.0. The van der Waals surface area contributed by atoms with Crippen LogP contribution in [0.5, 0.6) is 0 Å². The SMILES string of the molecule is CCCCCCOC1CCC(C2CCC(CCCC)CC2)CC1. The van der Waals surface area contributed by atoms with Gasteiger partial charge in [0.25, 0.3) is 0 Å². The maximum Gasteiger partial charge on any atom is 0.0575 e. The molecule has 1 nitrogen and oxygen atoms in total. The second-order valence-electron chi connectivity index (χ2n) is 8.39. The van der Waals surface area contributed by atoms with E-state index in [0.29, 0.717) is 6.10 Å². The van der Waals surface area contributed by atoms with Gasteiger partial charge in [-0.1, -0.05) is 65.2 Å². The second kappa shape index (κ2) is 11.5. The maximum atomic E-state index is 6.13. The summed E-state index contributed by atoms with van der Waals surface area (Å²) in [5.41, 5.74) is 0. The van der Waals surface area contributed by atoms with Crippen molar-refractivity contribution in [1.29, 1.82) is 0 Å². The van der Waals surface area contributed by atoms with Crippen molar-refractivity contribution >= 4 is 0 Å². The van der Waals surface area contributed by atoms with Crippen molar-refractivity contribution in [1.82, 2.24) is 0 Å². The fourth-order valence-corrected chi connectivity index (χ4v) is 4.95. The van der Waals surface area contributed by atoms with Gasteiger partial charge in [-0.05, 0) is 62.7 Å². The first kappa shape index (κ1) is 19.3. The summed E-state index contributed by atoms with van der Waals surface area (Å²) in [4.78, 5) is 0. The van der Waals surface area contributed by atoms with E-state index in [1.54, 1.807) is 0 Å². The van der Waals surface area contributed by atoms with E-state index in [2.05, 4.69) is 13.8 Å². The molecule has 136 valence electrons. The molecule has 0 amide bonds. The molecular weight excluding hydrogens is 280 g/mol. The predicted molar refractivity (Wildman–Crippen MR) is 101 cm³/mol. The fraction of sp³-hybridized carbons (Fsp3) is 1.00. The molecule has 0 aromatic rings. The van der Waals surface area contributed by atoms with Gasteiger partial charge in [-0.3, -0.25) is 0 Å². The molecule has 0 aromatic heterocycles. The van der Waals surface area contributed by atoms with Crippen LogP contribution in [0.3, 0.4) is 0 Å². The minimum Gasteiger partial charge on any atom is -0.378 e. The molecule has 0 atom stereocenters. The van der Waals surface area contributed by atoms with Crippen molar-refractivity contribution in [2.24, 2.45) is 17.8 Å². The summed E-state index contributed by atoms with van der Waals surface area (Å²) in [6, 6.07) is 0. The largest absolute Gasteiger partial charge is 0.378 e. The van der Waals surface area contributed by atoms with Crippen LogP contribution in [-0.4, -0.2) is 12.7 Å². The van der Waals surface area contributed by atoms with Gasteiger partial charge in [0, 0.05) is 6.61 Å². The lowest BCUT2D eigenvalue weighted by molar-refractivity contribution is 0.00530. The fourth-order valence-electron chi connectivity index (χ4n) is 4.95. The van der Waals surface area contributed by atoms with Gasteiger partial charge in [0.2, 0.25) is 0 Å². The molecule has 0 N–H and O–H groups in total. The van der Waals surface area contributed by atoms with E-state index in [1.165, 1.54) is 96.3 Å². The molecule has 23 heavy (non-hydrogen) atoms. The Morgan fingerprint density at radius 2 is 1.26 bits per heavy atom. The molecule has 0 saturated heterocycles. The number of rotatable bonds is 10. The van der Waals surface area contributed by atoms with Gasteiger partial charge < -0.3 is 4.74 Å². The van der Waals surface area contributed by atoms with Crippen LogP contribution in [0.1, 0.15) is 110 Å². The average molecular weight is 323 g/mol. The molecule has 0 aromatic carbocycles. The highest BCUT2D eigenvalue weighted by atomic mass is 16.5. The van der Waals surface area contributed by atoms with Gasteiger partial charge in [0.15, 0.2) is 0 Å². The number of ether oxygens (including phenoxy) is 1. The summed E-state index contributed by atoms with van der Waals surface area (Å²) >= 11 is 0. The van der Waals surface area contributed by atoms with Crippen molar-refractivity contribution < 1.29 is 4.74 Å². The third kappa shape index (κ3) is 7.16. The monoisotopic (exact) mass is 322 g/mol. The summed E-state index contributed by atoms with van der Waals surface area (Å²) < 4.78 is 6.13. The van der Waals surface area contributed by atoms with Crippen molar-refractivity contribution in [3.63, 3.8) is 0 Å². The van der Waals surface area contributed by atoms with Gasteiger partial charge in [0.1, 0.15) is 0 Å². The average Bonchev–Trinajstić information content (AvgIpc) is 2.61. The number of unbranched alkanes of at least 4 members (excludes halogenated alkanes) is 4. The summed E-state index contributed by atoms with van der Waals surface area (Å²) in [5.74, 6) is 3.15. The van der Waals surface area contributed by atoms with Crippen LogP contribution >= 0.6 is 0 Å². The van der Waals surface area contributed by atoms with Crippen LogP contribution in [0.25, 0.3) is 0 Å². The van der Waals surface area contributed by atoms with Crippen LogP contribution in [0.15, 0.2) is 0 Å². The second-order valence-corrected chi connectivity index (χ2v) is 8.39. The summed E-state index contributed by atoms with van der Waals surface area (Å²) in [5, 5.41) is 0. The topological polar surface area (TPSA) is 9.23 Å². The van der Waals surface area contributed by atoms with E-state index < -0.39 is 0 Å². The van der Waals surface area contributed by atoms with Gasteiger partial charge in [-0.25, -0.2) is 0 Å². The highest BCUT2D eigenvalue weighted by Crippen LogP contribution is 2.41. The Bertz CT molecular complexity index is 272. The van der Waals surface area contributed by atoms with E-state index >= 15 is 0 Å². The van der Waals surface area contributed by atoms with E-state index in [-0.39, 0.29) is 0 Å². The molecule has 2 fully saturated rings. The van der Waals surface area contributed by atoms with Crippen LogP contribution in [0, 0.1) is 17.8 Å². The van der Waals surface area contributed by atoms with E-state index in [0.717, 1.165) is 24.4 Å². The summed E-state index contributed by atoms with van der Waals surface area (Å²) in [6.07, 6.45) is 21.9. The molecule has 0 bridgehead atoms. The van der Waals surface area contributed by atoms with E-state index in [9.17, 15) is 0 Å². The Morgan fingerprint density at radius 3 is 1.87 bits per heavy atom. The molecule has 0 aliphatic heterocycles. The van der Waals surface area contributed by atoms with Gasteiger partial charge in [-0.2, -0.15) is 0 Å². The standard InChI is InChI=1S/C22H42O/c1-3-5-7-8-18-23-22-16-14-21(15-17-22)20-12-10-19(11-13-20)9-6-4-2/h19-22H,3-18H2,1-2H3. The maximum absolute atomic E-state index is 6.13. The highest BCUT2D eigenvalue weighted by Gasteiger charge is 2.30. The third-order valence-corrected chi connectivity index (χ3v) is 6.59. The van der Waals surface area contributed by atoms with Crippen molar-refractivity contribution in [3.8, 4) is 0 Å². The quantitative estimate of drug-likeness (QED) is 0.388. The molecule has 2 rings (SSSR count). The Balaban J connectivity index is 1.54. The first-order valence-electron chi connectivity index (χ1n) is 10.9. The molecule has 0 unspecified atom stereocenters. The molecule has 0 spiro atoms. The Hall–Kier alpha value is -0.0400. The lowest BCUT2D eigenvalue weighted by atomic mass is 9.70.